The maximum atomic E-state index is 12.9. The van der Waals surface area contributed by atoms with E-state index >= 15 is 0 Å². The molecule has 0 aliphatic heterocycles. The number of rotatable bonds is 63. The second kappa shape index (κ2) is 68.1. The summed E-state index contributed by atoms with van der Waals surface area (Å²) in [5.74, 6) is -0.978. The lowest BCUT2D eigenvalue weighted by atomic mass is 10.0. The van der Waals surface area contributed by atoms with E-state index < -0.39 is 6.10 Å². The first-order chi connectivity index (χ1) is 39.5. The topological polar surface area (TPSA) is 78.9 Å². The molecule has 1 unspecified atom stereocenters. The first kappa shape index (κ1) is 76.6. The van der Waals surface area contributed by atoms with Crippen LogP contribution in [0.2, 0.25) is 0 Å². The number of ether oxygens (including phenoxy) is 3. The van der Waals surface area contributed by atoms with Crippen LogP contribution in [-0.2, 0) is 28.6 Å². The van der Waals surface area contributed by atoms with Crippen LogP contribution in [0.15, 0.2) is 85.1 Å². The van der Waals surface area contributed by atoms with E-state index in [9.17, 15) is 14.4 Å². The Labute approximate surface area is 496 Å². The van der Waals surface area contributed by atoms with E-state index in [0.29, 0.717) is 19.3 Å². The van der Waals surface area contributed by atoms with Crippen LogP contribution in [0.4, 0.5) is 0 Å². The lowest BCUT2D eigenvalue weighted by Crippen LogP contribution is -2.30. The highest BCUT2D eigenvalue weighted by atomic mass is 16.6. The third-order valence-electron chi connectivity index (χ3n) is 15.1. The average Bonchev–Trinajstić information content (AvgIpc) is 3.46. The molecule has 6 nitrogen and oxygen atoms in total. The lowest BCUT2D eigenvalue weighted by Gasteiger charge is -2.18. The van der Waals surface area contributed by atoms with Gasteiger partial charge in [-0.3, -0.25) is 14.4 Å². The minimum atomic E-state index is -0.809. The molecule has 1 atom stereocenters. The summed E-state index contributed by atoms with van der Waals surface area (Å²) in [7, 11) is 0. The molecule has 462 valence electrons. The van der Waals surface area contributed by atoms with Crippen LogP contribution in [0.1, 0.15) is 348 Å². The quantitative estimate of drug-likeness (QED) is 0.0261. The highest BCUT2D eigenvalue weighted by Gasteiger charge is 2.19. The van der Waals surface area contributed by atoms with Crippen molar-refractivity contribution in [3.8, 4) is 0 Å². The van der Waals surface area contributed by atoms with Gasteiger partial charge in [0.25, 0.3) is 0 Å². The van der Waals surface area contributed by atoms with E-state index in [0.717, 1.165) is 83.5 Å². The Kier molecular flexibility index (Phi) is 65.2. The molecule has 0 saturated heterocycles. The molecule has 6 heteroatoms. The highest BCUT2D eigenvalue weighted by Crippen LogP contribution is 2.17. The second-order valence-corrected chi connectivity index (χ2v) is 23.1. The monoisotopic (exact) mass is 1110 g/mol. The molecule has 0 N–H and O–H groups in total. The fourth-order valence-corrected chi connectivity index (χ4v) is 9.96. The number of allylic oxidation sites excluding steroid dienone is 14. The summed E-state index contributed by atoms with van der Waals surface area (Å²) in [6.45, 7) is 6.48. The molecule has 0 fully saturated rings. The molecule has 0 amide bonds. The van der Waals surface area contributed by atoms with Crippen molar-refractivity contribution in [2.24, 2.45) is 0 Å². The van der Waals surface area contributed by atoms with Gasteiger partial charge in [0.1, 0.15) is 13.2 Å². The van der Waals surface area contributed by atoms with Gasteiger partial charge in [0.2, 0.25) is 0 Å². The van der Waals surface area contributed by atoms with Gasteiger partial charge in [-0.25, -0.2) is 0 Å². The Hall–Kier alpha value is -3.41. The zero-order chi connectivity index (χ0) is 57.8. The predicted octanol–water partition coefficient (Wildman–Crippen LogP) is 23.8. The molecule has 0 aromatic heterocycles. The molecule has 0 aromatic carbocycles. The minimum Gasteiger partial charge on any atom is -0.462 e. The minimum absolute atomic E-state index is 0.0988. The second-order valence-electron chi connectivity index (χ2n) is 23.1. The van der Waals surface area contributed by atoms with Crippen LogP contribution >= 0.6 is 0 Å². The van der Waals surface area contributed by atoms with Crippen LogP contribution in [0.5, 0.6) is 0 Å². The Bertz CT molecular complexity index is 1520. The maximum absolute atomic E-state index is 12.9. The zero-order valence-electron chi connectivity index (χ0n) is 53.1. The lowest BCUT2D eigenvalue weighted by molar-refractivity contribution is -0.166. The van der Waals surface area contributed by atoms with E-state index in [1.165, 1.54) is 218 Å². The highest BCUT2D eigenvalue weighted by molar-refractivity contribution is 5.71. The van der Waals surface area contributed by atoms with Crippen molar-refractivity contribution in [3.05, 3.63) is 85.1 Å². The van der Waals surface area contributed by atoms with Gasteiger partial charge in [0, 0.05) is 19.3 Å². The molecule has 0 heterocycles. The Balaban J connectivity index is 4.16. The van der Waals surface area contributed by atoms with E-state index in [2.05, 4.69) is 99.8 Å². The molecule has 0 bridgehead atoms. The van der Waals surface area contributed by atoms with Gasteiger partial charge >= 0.3 is 17.9 Å². The van der Waals surface area contributed by atoms with E-state index in [-0.39, 0.29) is 37.5 Å². The number of hydrogen-bond donors (Lipinski definition) is 0. The van der Waals surface area contributed by atoms with Crippen LogP contribution in [-0.4, -0.2) is 37.2 Å². The summed E-state index contributed by atoms with van der Waals surface area (Å²) in [5.41, 5.74) is 0. The summed E-state index contributed by atoms with van der Waals surface area (Å²) in [6, 6.07) is 0. The molecule has 0 aliphatic rings. The van der Waals surface area contributed by atoms with Gasteiger partial charge in [0.05, 0.1) is 0 Å². The summed E-state index contributed by atoms with van der Waals surface area (Å²) in [5, 5.41) is 0. The molecular weight excluding hydrogens is 985 g/mol. The zero-order valence-corrected chi connectivity index (χ0v) is 53.1. The van der Waals surface area contributed by atoms with Crippen molar-refractivity contribution in [3.63, 3.8) is 0 Å². The van der Waals surface area contributed by atoms with Gasteiger partial charge < -0.3 is 14.2 Å². The van der Waals surface area contributed by atoms with Crippen molar-refractivity contribution < 1.29 is 28.6 Å². The molecule has 0 rings (SSSR count). The van der Waals surface area contributed by atoms with Gasteiger partial charge in [0.15, 0.2) is 6.10 Å². The van der Waals surface area contributed by atoms with Crippen LogP contribution in [0, 0.1) is 0 Å². The fraction of sp³-hybridized carbons (Fsp3) is 0.770. The van der Waals surface area contributed by atoms with Crippen molar-refractivity contribution in [1.29, 1.82) is 0 Å². The normalized spacial score (nSPS) is 12.6. The largest absolute Gasteiger partial charge is 0.462 e. The molecule has 0 aromatic rings. The van der Waals surface area contributed by atoms with Crippen LogP contribution < -0.4 is 0 Å². The van der Waals surface area contributed by atoms with Gasteiger partial charge in [-0.1, -0.05) is 311 Å². The van der Waals surface area contributed by atoms with E-state index in [1.807, 2.05) is 6.08 Å². The molecule has 0 radical (unpaired) electrons. The number of carbonyl (C=O) groups excluding carboxylic acids is 3. The van der Waals surface area contributed by atoms with Crippen molar-refractivity contribution in [1.82, 2.24) is 0 Å². The first-order valence-corrected chi connectivity index (χ1v) is 34.6. The van der Waals surface area contributed by atoms with Crippen molar-refractivity contribution in [2.75, 3.05) is 13.2 Å². The molecular formula is C74H130O6. The van der Waals surface area contributed by atoms with Crippen LogP contribution in [0.3, 0.4) is 0 Å². The van der Waals surface area contributed by atoms with Crippen LogP contribution in [0.25, 0.3) is 0 Å². The van der Waals surface area contributed by atoms with Gasteiger partial charge in [-0.2, -0.15) is 0 Å². The molecule has 0 aliphatic carbocycles. The Morgan fingerprint density at radius 2 is 0.512 bits per heavy atom. The smallest absolute Gasteiger partial charge is 0.306 e. The third kappa shape index (κ3) is 65.4. The SMILES string of the molecule is CC/C=C\C/C=C\C/C=C\C/C=C\CCC(=O)OCC(COC(=O)CCCCCCCCCCCCCCCCCCCCCCC/C=C\C/C=C\CCCCCCC)OC(=O)CCCCCCC/C=C\CCCCCCCCC. The number of esters is 3. The fourth-order valence-electron chi connectivity index (χ4n) is 9.96. The molecule has 0 saturated carbocycles. The average molecular weight is 1120 g/mol. The van der Waals surface area contributed by atoms with E-state index in [4.69, 9.17) is 14.2 Å². The summed E-state index contributed by atoms with van der Waals surface area (Å²) in [4.78, 5) is 38.3. The summed E-state index contributed by atoms with van der Waals surface area (Å²) >= 11 is 0. The third-order valence-corrected chi connectivity index (χ3v) is 15.1. The Morgan fingerprint density at radius 1 is 0.263 bits per heavy atom. The number of unbranched alkanes of at least 4 members (excludes halogenated alkanes) is 38. The summed E-state index contributed by atoms with van der Waals surface area (Å²) in [6.07, 6.45) is 90.7. The van der Waals surface area contributed by atoms with Crippen molar-refractivity contribution >= 4 is 17.9 Å². The van der Waals surface area contributed by atoms with Gasteiger partial charge in [-0.05, 0) is 103 Å². The van der Waals surface area contributed by atoms with E-state index in [1.54, 1.807) is 0 Å². The number of carbonyl (C=O) groups is 3. The number of hydrogen-bond acceptors (Lipinski definition) is 6. The predicted molar refractivity (Wildman–Crippen MR) is 348 cm³/mol. The standard InChI is InChI=1S/C74H130O6/c1-4-7-10-13-16-19-22-25-27-29-30-31-32-33-34-35-36-37-38-39-40-41-42-43-44-45-47-49-52-55-58-61-64-67-73(76)79-70-71(69-78-72(75)66-63-60-57-54-51-48-24-21-18-15-12-9-6-3)80-74(77)68-65-62-59-56-53-50-46-28-26-23-20-17-14-11-8-5-2/h9,12,18,21-22,25,28-30,46,48,51,57,60,71H,4-8,10-11,13-17,19-20,23-24,26-27,31-45,47,49-50,52-56,58-59,61-70H2,1-3H3/b12-9-,21-18-,25-22-,30-29-,46-28-,51-48-,60-57-. The Morgan fingerprint density at radius 3 is 0.850 bits per heavy atom. The first-order valence-electron chi connectivity index (χ1n) is 34.6. The van der Waals surface area contributed by atoms with Crippen molar-refractivity contribution in [2.45, 2.75) is 354 Å². The maximum Gasteiger partial charge on any atom is 0.306 e. The molecule has 0 spiro atoms. The molecule has 80 heavy (non-hydrogen) atoms. The summed E-state index contributed by atoms with van der Waals surface area (Å²) < 4.78 is 16.9. The van der Waals surface area contributed by atoms with Gasteiger partial charge in [-0.15, -0.1) is 0 Å².